The average molecular weight is 368 g/mol. The zero-order valence-corrected chi connectivity index (χ0v) is 15.3. The van der Waals surface area contributed by atoms with Gasteiger partial charge in [0, 0.05) is 25.2 Å². The summed E-state index contributed by atoms with van der Waals surface area (Å²) >= 11 is 0. The van der Waals surface area contributed by atoms with E-state index in [1.807, 2.05) is 13.8 Å². The Morgan fingerprint density at radius 1 is 1.28 bits per heavy atom. The van der Waals surface area contributed by atoms with Crippen molar-refractivity contribution >= 4 is 27.6 Å². The third-order valence-electron chi connectivity index (χ3n) is 4.16. The lowest BCUT2D eigenvalue weighted by atomic mass is 9.98. The SMILES string of the molecule is CC(C)CC(CNS(=O)(=O)c1ccc(N2CCCC2=O)cc1)C(=O)O. The Kier molecular flexibility index (Phi) is 6.18. The number of anilines is 1. The topological polar surface area (TPSA) is 104 Å². The monoisotopic (exact) mass is 368 g/mol. The Bertz CT molecular complexity index is 728. The van der Waals surface area contributed by atoms with Crippen molar-refractivity contribution in [2.24, 2.45) is 11.8 Å². The van der Waals surface area contributed by atoms with E-state index in [9.17, 15) is 23.1 Å². The van der Waals surface area contributed by atoms with E-state index < -0.39 is 21.9 Å². The number of hydrogen-bond donors (Lipinski definition) is 2. The quantitative estimate of drug-likeness (QED) is 0.729. The van der Waals surface area contributed by atoms with Crippen LogP contribution in [-0.4, -0.2) is 38.5 Å². The largest absolute Gasteiger partial charge is 0.481 e. The molecule has 1 aliphatic rings. The number of hydrogen-bond acceptors (Lipinski definition) is 4. The van der Waals surface area contributed by atoms with E-state index in [4.69, 9.17) is 0 Å². The van der Waals surface area contributed by atoms with Crippen LogP contribution in [-0.2, 0) is 19.6 Å². The van der Waals surface area contributed by atoms with Crippen LogP contribution in [0.5, 0.6) is 0 Å². The summed E-state index contributed by atoms with van der Waals surface area (Å²) in [5.41, 5.74) is 0.671. The Morgan fingerprint density at radius 3 is 2.40 bits per heavy atom. The third-order valence-corrected chi connectivity index (χ3v) is 5.60. The van der Waals surface area contributed by atoms with Crippen LogP contribution < -0.4 is 9.62 Å². The molecule has 0 radical (unpaired) electrons. The van der Waals surface area contributed by atoms with Crippen molar-refractivity contribution < 1.29 is 23.1 Å². The molecule has 2 rings (SSSR count). The van der Waals surface area contributed by atoms with Crippen molar-refractivity contribution in [3.05, 3.63) is 24.3 Å². The number of carbonyl (C=O) groups excluding carboxylic acids is 1. The third kappa shape index (κ3) is 5.02. The van der Waals surface area contributed by atoms with Crippen molar-refractivity contribution in [2.45, 2.75) is 38.0 Å². The van der Waals surface area contributed by atoms with Crippen LogP contribution in [0.1, 0.15) is 33.1 Å². The maximum absolute atomic E-state index is 12.4. The van der Waals surface area contributed by atoms with E-state index in [1.165, 1.54) is 12.1 Å². The summed E-state index contributed by atoms with van der Waals surface area (Å²) in [5, 5.41) is 9.20. The molecule has 7 nitrogen and oxygen atoms in total. The second-order valence-electron chi connectivity index (χ2n) is 6.66. The van der Waals surface area contributed by atoms with Gasteiger partial charge in [-0.3, -0.25) is 9.59 Å². The van der Waals surface area contributed by atoms with Gasteiger partial charge in [-0.15, -0.1) is 0 Å². The number of sulfonamides is 1. The molecule has 1 saturated heterocycles. The lowest BCUT2D eigenvalue weighted by molar-refractivity contribution is -0.142. The molecule has 2 N–H and O–H groups in total. The molecule has 0 aliphatic carbocycles. The Balaban J connectivity index is 2.06. The minimum Gasteiger partial charge on any atom is -0.481 e. The molecular weight excluding hydrogens is 344 g/mol. The van der Waals surface area contributed by atoms with E-state index in [0.29, 0.717) is 25.1 Å². The maximum atomic E-state index is 12.4. The van der Waals surface area contributed by atoms with Crippen LogP contribution >= 0.6 is 0 Å². The van der Waals surface area contributed by atoms with Crippen LogP contribution in [0.25, 0.3) is 0 Å². The molecule has 1 unspecified atom stereocenters. The van der Waals surface area contributed by atoms with E-state index in [0.717, 1.165) is 6.42 Å². The van der Waals surface area contributed by atoms with E-state index >= 15 is 0 Å². The molecule has 1 amide bonds. The maximum Gasteiger partial charge on any atom is 0.307 e. The lowest BCUT2D eigenvalue weighted by Gasteiger charge is -2.17. The first-order chi connectivity index (χ1) is 11.7. The predicted molar refractivity (Wildman–Crippen MR) is 93.8 cm³/mol. The highest BCUT2D eigenvalue weighted by atomic mass is 32.2. The zero-order valence-electron chi connectivity index (χ0n) is 14.4. The number of carboxylic acids is 1. The van der Waals surface area contributed by atoms with Gasteiger partial charge >= 0.3 is 5.97 Å². The molecule has 0 aromatic heterocycles. The van der Waals surface area contributed by atoms with Gasteiger partial charge in [0.1, 0.15) is 0 Å². The minimum atomic E-state index is -3.80. The van der Waals surface area contributed by atoms with Gasteiger partial charge in [0.2, 0.25) is 15.9 Å². The van der Waals surface area contributed by atoms with Gasteiger partial charge in [-0.2, -0.15) is 0 Å². The normalized spacial score (nSPS) is 16.4. The van der Waals surface area contributed by atoms with Crippen LogP contribution in [0.2, 0.25) is 0 Å². The summed E-state index contributed by atoms with van der Waals surface area (Å²) in [6, 6.07) is 6.06. The Labute approximate surface area is 148 Å². The number of amides is 1. The van der Waals surface area contributed by atoms with E-state index in [1.54, 1.807) is 17.0 Å². The molecule has 1 aromatic rings. The molecular formula is C17H24N2O5S. The van der Waals surface area contributed by atoms with Crippen LogP contribution in [0.15, 0.2) is 29.2 Å². The Hall–Kier alpha value is -1.93. The van der Waals surface area contributed by atoms with Crippen LogP contribution in [0.4, 0.5) is 5.69 Å². The molecule has 1 fully saturated rings. The smallest absolute Gasteiger partial charge is 0.307 e. The zero-order chi connectivity index (χ0) is 18.6. The molecule has 0 saturated carbocycles. The van der Waals surface area contributed by atoms with Crippen molar-refractivity contribution in [2.75, 3.05) is 18.0 Å². The first-order valence-corrected chi connectivity index (χ1v) is 9.82. The number of carbonyl (C=O) groups is 2. The highest BCUT2D eigenvalue weighted by Crippen LogP contribution is 2.23. The van der Waals surface area contributed by atoms with Gasteiger partial charge in [0.25, 0.3) is 0 Å². The van der Waals surface area contributed by atoms with Gasteiger partial charge in [0.15, 0.2) is 0 Å². The molecule has 25 heavy (non-hydrogen) atoms. The van der Waals surface area contributed by atoms with Crippen molar-refractivity contribution in [3.63, 3.8) is 0 Å². The van der Waals surface area contributed by atoms with Gasteiger partial charge in [-0.25, -0.2) is 13.1 Å². The standard InChI is InChI=1S/C17H24N2O5S/c1-12(2)10-13(17(21)22)11-18-25(23,24)15-7-5-14(6-8-15)19-9-3-4-16(19)20/h5-8,12-13,18H,3-4,9-11H2,1-2H3,(H,21,22). The van der Waals surface area contributed by atoms with Crippen molar-refractivity contribution in [3.8, 4) is 0 Å². The molecule has 0 bridgehead atoms. The van der Waals surface area contributed by atoms with Crippen molar-refractivity contribution in [1.29, 1.82) is 0 Å². The highest BCUT2D eigenvalue weighted by Gasteiger charge is 2.24. The second-order valence-corrected chi connectivity index (χ2v) is 8.43. The van der Waals surface area contributed by atoms with Crippen molar-refractivity contribution in [1.82, 2.24) is 4.72 Å². The number of benzene rings is 1. The van der Waals surface area contributed by atoms with Gasteiger partial charge in [0.05, 0.1) is 10.8 Å². The Morgan fingerprint density at radius 2 is 1.92 bits per heavy atom. The van der Waals surface area contributed by atoms with E-state index in [2.05, 4.69) is 4.72 Å². The van der Waals surface area contributed by atoms with E-state index in [-0.39, 0.29) is 23.3 Å². The summed E-state index contributed by atoms with van der Waals surface area (Å²) in [4.78, 5) is 24.6. The molecule has 1 atom stereocenters. The van der Waals surface area contributed by atoms with Crippen LogP contribution in [0, 0.1) is 11.8 Å². The fourth-order valence-corrected chi connectivity index (χ4v) is 3.94. The number of carboxylic acid groups (broad SMARTS) is 1. The van der Waals surface area contributed by atoms with Crippen LogP contribution in [0.3, 0.4) is 0 Å². The molecule has 8 heteroatoms. The molecule has 1 heterocycles. The first kappa shape index (κ1) is 19.4. The minimum absolute atomic E-state index is 0.0340. The lowest BCUT2D eigenvalue weighted by Crippen LogP contribution is -2.33. The molecule has 0 spiro atoms. The fourth-order valence-electron chi connectivity index (χ4n) is 2.86. The highest BCUT2D eigenvalue weighted by molar-refractivity contribution is 7.89. The molecule has 1 aromatic carbocycles. The summed E-state index contributed by atoms with van der Waals surface area (Å²) < 4.78 is 27.1. The number of rotatable bonds is 8. The van der Waals surface area contributed by atoms with Gasteiger partial charge < -0.3 is 10.0 Å². The summed E-state index contributed by atoms with van der Waals surface area (Å²) in [5.74, 6) is -1.59. The fraction of sp³-hybridized carbons (Fsp3) is 0.529. The predicted octanol–water partition coefficient (Wildman–Crippen LogP) is 1.84. The average Bonchev–Trinajstić information content (AvgIpc) is 2.97. The van der Waals surface area contributed by atoms with Gasteiger partial charge in [-0.05, 0) is 43.0 Å². The number of nitrogens with one attached hydrogen (secondary N) is 1. The summed E-state index contributed by atoms with van der Waals surface area (Å²) in [6.07, 6.45) is 1.70. The summed E-state index contributed by atoms with van der Waals surface area (Å²) in [6.45, 7) is 4.27. The first-order valence-electron chi connectivity index (χ1n) is 8.33. The molecule has 138 valence electrons. The number of aliphatic carboxylic acids is 1. The van der Waals surface area contributed by atoms with Gasteiger partial charge in [-0.1, -0.05) is 13.8 Å². The molecule has 1 aliphatic heterocycles. The second kappa shape index (κ2) is 7.97. The summed E-state index contributed by atoms with van der Waals surface area (Å²) in [7, 11) is -3.80. The number of nitrogens with zero attached hydrogens (tertiary/aromatic N) is 1.